The predicted octanol–water partition coefficient (Wildman–Crippen LogP) is 26.3. The Morgan fingerprint density at radius 1 is 0.213 bits per heavy atom. The molecule has 0 N–H and O–H groups in total. The maximum atomic E-state index is 14.6. The maximum absolute atomic E-state index is 14.6. The molecular weight excluding hydrogens is 1160 g/mol. The third kappa shape index (κ3) is 19.2. The Kier molecular flexibility index (Phi) is 25.0. The minimum Gasteiger partial charge on any atom is -0.207 e. The zero-order valence-corrected chi connectivity index (χ0v) is 55.4. The van der Waals surface area contributed by atoms with Crippen molar-refractivity contribution in [1.29, 1.82) is 0 Å². The molecule has 12 aromatic rings. The standard InChI is InChI=1S/C24H25F.C22H20F2.C22H21F.C21H19F/c1-3-4-5-6-19-9-13-20(14-10-19)22-15-16-23(24(25)17-22)21-11-7-18(2)8-12-21;1-2-3-4-16-5-7-17(8-6-16)19-11-14-21(22(24)15-19)18-9-12-20(23)13-10-18;1-3-4-17-7-11-18(12-8-17)20-13-14-21(22(23)15-20)19-9-5-16(2)6-10-19;1-3-16-6-10-17(11-7-16)19-12-13-20(21(22)14-19)18-8-4-15(2)5-9-18/h7-17H,3-6H2,1-2H3;5-15H,2-4H2,1H3;5-15H,3-4H2,1-2H3;4-14H,3H2,1-2H3. The van der Waals surface area contributed by atoms with E-state index in [4.69, 9.17) is 0 Å². The molecule has 0 fully saturated rings. The normalized spacial score (nSPS) is 10.8. The van der Waals surface area contributed by atoms with Crippen LogP contribution >= 0.6 is 0 Å². The number of aryl methyl sites for hydroxylation is 7. The van der Waals surface area contributed by atoms with Gasteiger partial charge in [-0.05, 0) is 185 Å². The van der Waals surface area contributed by atoms with Gasteiger partial charge in [0.25, 0.3) is 0 Å². The van der Waals surface area contributed by atoms with E-state index in [1.165, 1.54) is 83.2 Å². The van der Waals surface area contributed by atoms with Crippen molar-refractivity contribution in [3.63, 3.8) is 0 Å². The fourth-order valence-corrected chi connectivity index (χ4v) is 11.3. The Labute approximate surface area is 555 Å². The molecule has 12 rings (SSSR count). The van der Waals surface area contributed by atoms with Crippen LogP contribution in [0.25, 0.3) is 89.0 Å². The summed E-state index contributed by atoms with van der Waals surface area (Å²) < 4.78 is 71.1. The van der Waals surface area contributed by atoms with E-state index in [0.717, 1.165) is 93.3 Å². The summed E-state index contributed by atoms with van der Waals surface area (Å²) in [5.74, 6) is -1.15. The van der Waals surface area contributed by atoms with Crippen LogP contribution in [0.1, 0.15) is 105 Å². The molecule has 0 aliphatic rings. The Morgan fingerprint density at radius 2 is 0.457 bits per heavy atom. The topological polar surface area (TPSA) is 0 Å². The molecule has 0 nitrogen and oxygen atoms in total. The number of benzene rings is 12. The maximum Gasteiger partial charge on any atom is 0.131 e. The first-order chi connectivity index (χ1) is 45.7. The molecule has 0 aliphatic carbocycles. The number of halogens is 5. The molecule has 0 radical (unpaired) electrons. The highest BCUT2D eigenvalue weighted by atomic mass is 19.1. The predicted molar refractivity (Wildman–Crippen MR) is 388 cm³/mol. The van der Waals surface area contributed by atoms with E-state index >= 15 is 0 Å². The molecule has 94 heavy (non-hydrogen) atoms. The van der Waals surface area contributed by atoms with Crippen LogP contribution in [0.15, 0.2) is 267 Å². The van der Waals surface area contributed by atoms with E-state index in [1.54, 1.807) is 42.5 Å². The van der Waals surface area contributed by atoms with Crippen LogP contribution in [0, 0.1) is 49.9 Å². The van der Waals surface area contributed by atoms with Gasteiger partial charge in [0.1, 0.15) is 29.1 Å². The lowest BCUT2D eigenvalue weighted by molar-refractivity contribution is 0.626. The van der Waals surface area contributed by atoms with Gasteiger partial charge < -0.3 is 0 Å². The molecule has 12 aromatic carbocycles. The molecule has 0 heterocycles. The lowest BCUT2D eigenvalue weighted by Crippen LogP contribution is -1.88. The molecule has 0 aromatic heterocycles. The molecule has 0 amide bonds. The van der Waals surface area contributed by atoms with Crippen LogP contribution in [-0.4, -0.2) is 0 Å². The Balaban J connectivity index is 0.000000148. The van der Waals surface area contributed by atoms with Crippen LogP contribution in [0.5, 0.6) is 0 Å². The second kappa shape index (κ2) is 34.3. The average Bonchev–Trinajstić information content (AvgIpc) is 1.19. The van der Waals surface area contributed by atoms with Gasteiger partial charge in [0.15, 0.2) is 0 Å². The van der Waals surface area contributed by atoms with Gasteiger partial charge in [-0.1, -0.05) is 301 Å². The number of hydrogen-bond acceptors (Lipinski definition) is 0. The van der Waals surface area contributed by atoms with Crippen molar-refractivity contribution >= 4 is 0 Å². The van der Waals surface area contributed by atoms with Gasteiger partial charge in [-0.15, -0.1) is 0 Å². The molecule has 0 aliphatic heterocycles. The van der Waals surface area contributed by atoms with Crippen molar-refractivity contribution < 1.29 is 22.0 Å². The van der Waals surface area contributed by atoms with Gasteiger partial charge in [-0.25, -0.2) is 22.0 Å². The molecular formula is C89H85F5. The van der Waals surface area contributed by atoms with E-state index in [9.17, 15) is 22.0 Å². The van der Waals surface area contributed by atoms with Crippen LogP contribution in [0.4, 0.5) is 22.0 Å². The Morgan fingerprint density at radius 3 is 0.723 bits per heavy atom. The molecule has 0 unspecified atom stereocenters. The summed E-state index contributed by atoms with van der Waals surface area (Å²) in [6, 6.07) is 84.9. The molecule has 0 saturated carbocycles. The van der Waals surface area contributed by atoms with Gasteiger partial charge in [-0.3, -0.25) is 0 Å². The average molecular weight is 1250 g/mol. The van der Waals surface area contributed by atoms with Crippen LogP contribution in [-0.2, 0) is 25.7 Å². The second-order valence-corrected chi connectivity index (χ2v) is 24.3. The van der Waals surface area contributed by atoms with Crippen LogP contribution in [0.3, 0.4) is 0 Å². The van der Waals surface area contributed by atoms with Gasteiger partial charge in [0.05, 0.1) is 0 Å². The zero-order chi connectivity index (χ0) is 66.3. The molecule has 0 bridgehead atoms. The smallest absolute Gasteiger partial charge is 0.131 e. The first-order valence-electron chi connectivity index (χ1n) is 33.2. The van der Waals surface area contributed by atoms with Crippen LogP contribution in [0.2, 0.25) is 0 Å². The number of rotatable bonds is 18. The minimum atomic E-state index is -0.320. The molecule has 476 valence electrons. The SMILES string of the molecule is CCCCCc1ccc(-c2ccc(-c3ccc(C)cc3)c(F)c2)cc1.CCCCc1ccc(-c2ccc(-c3ccc(F)cc3)c(F)c2)cc1.CCCc1ccc(-c2ccc(-c3ccc(C)cc3)c(F)c2)cc1.CCc1ccc(-c2ccc(-c3ccc(C)cc3)c(F)c2)cc1. The Hall–Kier alpha value is -9.71. The zero-order valence-electron chi connectivity index (χ0n) is 55.4. The van der Waals surface area contributed by atoms with Crippen LogP contribution < -0.4 is 0 Å². The third-order valence-corrected chi connectivity index (χ3v) is 17.1. The summed E-state index contributed by atoms with van der Waals surface area (Å²) in [5.41, 5.74) is 22.4. The fraction of sp³-hybridized carbons (Fsp3) is 0.191. The van der Waals surface area contributed by atoms with Crippen molar-refractivity contribution in [2.45, 2.75) is 113 Å². The lowest BCUT2D eigenvalue weighted by Gasteiger charge is -2.08. The summed E-state index contributed by atoms with van der Waals surface area (Å²) in [4.78, 5) is 0. The first-order valence-corrected chi connectivity index (χ1v) is 33.2. The van der Waals surface area contributed by atoms with Gasteiger partial charge in [-0.2, -0.15) is 0 Å². The van der Waals surface area contributed by atoms with Crippen molar-refractivity contribution in [2.24, 2.45) is 0 Å². The summed E-state index contributed by atoms with van der Waals surface area (Å²) in [5, 5.41) is 0. The number of unbranched alkanes of at least 4 members (excludes halogenated alkanes) is 3. The van der Waals surface area contributed by atoms with Crippen molar-refractivity contribution in [3.8, 4) is 89.0 Å². The van der Waals surface area contributed by atoms with Gasteiger partial charge >= 0.3 is 0 Å². The van der Waals surface area contributed by atoms with E-state index in [1.807, 2.05) is 148 Å². The van der Waals surface area contributed by atoms with Gasteiger partial charge in [0, 0.05) is 22.3 Å². The first kappa shape index (κ1) is 68.7. The van der Waals surface area contributed by atoms with E-state index < -0.39 is 0 Å². The molecule has 5 heteroatoms. The summed E-state index contributed by atoms with van der Waals surface area (Å²) >= 11 is 0. The van der Waals surface area contributed by atoms with Crippen molar-refractivity contribution in [2.75, 3.05) is 0 Å². The molecule has 0 atom stereocenters. The Bertz CT molecular complexity index is 4300. The van der Waals surface area contributed by atoms with E-state index in [-0.39, 0.29) is 29.1 Å². The third-order valence-electron chi connectivity index (χ3n) is 17.1. The quantitative estimate of drug-likeness (QED) is 0.0593. The highest BCUT2D eigenvalue weighted by molar-refractivity contribution is 5.75. The largest absolute Gasteiger partial charge is 0.207 e. The fourth-order valence-electron chi connectivity index (χ4n) is 11.3. The highest BCUT2D eigenvalue weighted by Crippen LogP contribution is 2.34. The monoisotopic (exact) mass is 1250 g/mol. The molecule has 0 saturated heterocycles. The second-order valence-electron chi connectivity index (χ2n) is 24.3. The summed E-state index contributed by atoms with van der Waals surface area (Å²) in [6.45, 7) is 14.8. The highest BCUT2D eigenvalue weighted by Gasteiger charge is 2.13. The van der Waals surface area contributed by atoms with Gasteiger partial charge in [0.2, 0.25) is 0 Å². The lowest BCUT2D eigenvalue weighted by atomic mass is 9.98. The molecule has 0 spiro atoms. The van der Waals surface area contributed by atoms with Crippen molar-refractivity contribution in [3.05, 3.63) is 335 Å². The van der Waals surface area contributed by atoms with E-state index in [2.05, 4.69) is 113 Å². The number of hydrogen-bond donors (Lipinski definition) is 0. The summed E-state index contributed by atoms with van der Waals surface area (Å²) in [6.07, 6.45) is 11.5. The van der Waals surface area contributed by atoms with Crippen molar-refractivity contribution in [1.82, 2.24) is 0 Å². The van der Waals surface area contributed by atoms with E-state index in [0.29, 0.717) is 27.8 Å². The minimum absolute atomic E-state index is 0.173. The summed E-state index contributed by atoms with van der Waals surface area (Å²) in [7, 11) is 0.